The second kappa shape index (κ2) is 5.33. The van der Waals surface area contributed by atoms with E-state index in [1.807, 2.05) is 37.3 Å². The molecule has 1 aromatic heterocycles. The Morgan fingerprint density at radius 2 is 2.00 bits per heavy atom. The largest absolute Gasteiger partial charge is 0.496 e. The minimum absolute atomic E-state index is 0.158. The third kappa shape index (κ3) is 2.45. The van der Waals surface area contributed by atoms with E-state index in [-0.39, 0.29) is 5.56 Å². The second-order valence-corrected chi connectivity index (χ2v) is 5.59. The molecule has 3 aromatic rings. The Bertz CT molecular complexity index is 887. The lowest BCUT2D eigenvalue weighted by molar-refractivity contribution is 0.415. The van der Waals surface area contributed by atoms with Crippen molar-refractivity contribution in [1.82, 2.24) is 9.97 Å². The molecule has 4 nitrogen and oxygen atoms in total. The number of H-pyrrole nitrogens is 1. The highest BCUT2D eigenvalue weighted by Crippen LogP contribution is 2.33. The second-order valence-electron chi connectivity index (χ2n) is 4.73. The van der Waals surface area contributed by atoms with Crippen LogP contribution in [0.15, 0.2) is 45.7 Å². The molecule has 0 radical (unpaired) electrons. The van der Waals surface area contributed by atoms with Gasteiger partial charge in [-0.2, -0.15) is 0 Å². The summed E-state index contributed by atoms with van der Waals surface area (Å²) in [4.78, 5) is 19.5. The Labute approximate surface area is 129 Å². The Hall–Kier alpha value is -2.14. The van der Waals surface area contributed by atoms with Gasteiger partial charge >= 0.3 is 0 Å². The zero-order valence-electron chi connectivity index (χ0n) is 11.6. The molecule has 2 aromatic carbocycles. The Balaban J connectivity index is 2.30. The van der Waals surface area contributed by atoms with Crippen molar-refractivity contribution in [3.05, 3.63) is 56.8 Å². The van der Waals surface area contributed by atoms with Crippen LogP contribution in [-0.4, -0.2) is 17.1 Å². The van der Waals surface area contributed by atoms with Crippen molar-refractivity contribution in [1.29, 1.82) is 0 Å². The molecule has 0 spiro atoms. The van der Waals surface area contributed by atoms with Crippen molar-refractivity contribution >= 4 is 26.8 Å². The smallest absolute Gasteiger partial charge is 0.259 e. The fourth-order valence-electron chi connectivity index (χ4n) is 2.22. The van der Waals surface area contributed by atoms with Crippen molar-refractivity contribution in [2.75, 3.05) is 7.11 Å². The lowest BCUT2D eigenvalue weighted by Gasteiger charge is -2.11. The van der Waals surface area contributed by atoms with Gasteiger partial charge in [0.1, 0.15) is 11.6 Å². The van der Waals surface area contributed by atoms with Crippen LogP contribution in [0.2, 0.25) is 0 Å². The van der Waals surface area contributed by atoms with Crippen molar-refractivity contribution in [2.24, 2.45) is 0 Å². The van der Waals surface area contributed by atoms with Gasteiger partial charge in [-0.05, 0) is 36.8 Å². The van der Waals surface area contributed by atoms with Crippen LogP contribution in [-0.2, 0) is 0 Å². The summed E-state index contributed by atoms with van der Waals surface area (Å²) >= 11 is 3.50. The van der Waals surface area contributed by atoms with E-state index in [0.29, 0.717) is 22.5 Å². The predicted molar refractivity (Wildman–Crippen MR) is 86.8 cm³/mol. The average molecular weight is 345 g/mol. The van der Waals surface area contributed by atoms with Crippen LogP contribution in [0.3, 0.4) is 0 Å². The Kier molecular flexibility index (Phi) is 3.51. The zero-order valence-corrected chi connectivity index (χ0v) is 13.2. The molecule has 0 aliphatic rings. The van der Waals surface area contributed by atoms with E-state index < -0.39 is 0 Å². The fraction of sp³-hybridized carbons (Fsp3) is 0.125. The summed E-state index contributed by atoms with van der Waals surface area (Å²) in [6.45, 7) is 1.98. The number of ether oxygens (including phenoxy) is 1. The normalized spacial score (nSPS) is 10.8. The number of halogens is 1. The first-order chi connectivity index (χ1) is 10.1. The number of fused-ring (bicyclic) bond motifs is 1. The monoisotopic (exact) mass is 344 g/mol. The highest BCUT2D eigenvalue weighted by molar-refractivity contribution is 9.10. The van der Waals surface area contributed by atoms with Gasteiger partial charge in [-0.15, -0.1) is 0 Å². The molecule has 3 rings (SSSR count). The maximum atomic E-state index is 12.2. The quantitative estimate of drug-likeness (QED) is 0.771. The first-order valence-corrected chi connectivity index (χ1v) is 7.23. The number of nitrogens with one attached hydrogen (secondary N) is 1. The minimum Gasteiger partial charge on any atom is -0.496 e. The van der Waals surface area contributed by atoms with Crippen LogP contribution < -0.4 is 10.3 Å². The molecule has 0 fully saturated rings. The maximum Gasteiger partial charge on any atom is 0.259 e. The van der Waals surface area contributed by atoms with Gasteiger partial charge in [-0.1, -0.05) is 28.1 Å². The summed E-state index contributed by atoms with van der Waals surface area (Å²) in [6, 6.07) is 11.1. The standard InChI is InChI=1S/C16H13BrN2O2/c1-9-7-14(21-2)11(8-12(9)17)15-18-13-6-4-3-5-10(13)16(20)19-15/h3-8H,1-2H3,(H,18,19,20). The predicted octanol–water partition coefficient (Wildman–Crippen LogP) is 3.67. The summed E-state index contributed by atoms with van der Waals surface area (Å²) in [7, 11) is 1.60. The van der Waals surface area contributed by atoms with Crippen molar-refractivity contribution in [2.45, 2.75) is 6.92 Å². The van der Waals surface area contributed by atoms with Gasteiger partial charge in [-0.3, -0.25) is 4.79 Å². The molecule has 0 aliphatic heterocycles. The molecule has 0 aliphatic carbocycles. The molecule has 0 amide bonds. The number of aromatic nitrogens is 2. The molecule has 1 N–H and O–H groups in total. The maximum absolute atomic E-state index is 12.2. The van der Waals surface area contributed by atoms with Gasteiger partial charge < -0.3 is 9.72 Å². The van der Waals surface area contributed by atoms with Gasteiger partial charge in [0.2, 0.25) is 0 Å². The van der Waals surface area contributed by atoms with E-state index >= 15 is 0 Å². The molecule has 0 saturated carbocycles. The van der Waals surface area contributed by atoms with Crippen molar-refractivity contribution in [3.63, 3.8) is 0 Å². The number of methoxy groups -OCH3 is 1. The molecule has 0 unspecified atom stereocenters. The lowest BCUT2D eigenvalue weighted by Crippen LogP contribution is -2.09. The number of aryl methyl sites for hydroxylation is 1. The van der Waals surface area contributed by atoms with Crippen LogP contribution in [0, 0.1) is 6.92 Å². The summed E-state index contributed by atoms with van der Waals surface area (Å²) in [5, 5.41) is 0.575. The van der Waals surface area contributed by atoms with Crippen LogP contribution in [0.5, 0.6) is 5.75 Å². The van der Waals surface area contributed by atoms with Crippen LogP contribution >= 0.6 is 15.9 Å². The number of benzene rings is 2. The summed E-state index contributed by atoms with van der Waals surface area (Å²) in [6.07, 6.45) is 0. The van der Waals surface area contributed by atoms with Gasteiger partial charge in [-0.25, -0.2) is 4.98 Å². The highest BCUT2D eigenvalue weighted by Gasteiger charge is 2.12. The van der Waals surface area contributed by atoms with E-state index in [0.717, 1.165) is 15.6 Å². The van der Waals surface area contributed by atoms with Crippen LogP contribution in [0.25, 0.3) is 22.3 Å². The number of rotatable bonds is 2. The third-order valence-electron chi connectivity index (χ3n) is 3.35. The van der Waals surface area contributed by atoms with Gasteiger partial charge in [0.05, 0.1) is 23.6 Å². The van der Waals surface area contributed by atoms with Crippen molar-refractivity contribution in [3.8, 4) is 17.1 Å². The minimum atomic E-state index is -0.158. The third-order valence-corrected chi connectivity index (χ3v) is 4.20. The first kappa shape index (κ1) is 13.8. The topological polar surface area (TPSA) is 55.0 Å². The van der Waals surface area contributed by atoms with E-state index in [2.05, 4.69) is 25.9 Å². The molecule has 0 atom stereocenters. The van der Waals surface area contributed by atoms with Gasteiger partial charge in [0, 0.05) is 4.47 Å². The van der Waals surface area contributed by atoms with E-state index in [1.165, 1.54) is 0 Å². The average Bonchev–Trinajstić information content (AvgIpc) is 2.49. The fourth-order valence-corrected chi connectivity index (χ4v) is 2.57. The van der Waals surface area contributed by atoms with Crippen LogP contribution in [0.1, 0.15) is 5.56 Å². The summed E-state index contributed by atoms with van der Waals surface area (Å²) < 4.78 is 6.34. The molecular weight excluding hydrogens is 332 g/mol. The molecule has 21 heavy (non-hydrogen) atoms. The zero-order chi connectivity index (χ0) is 15.0. The van der Waals surface area contributed by atoms with E-state index in [4.69, 9.17) is 4.74 Å². The van der Waals surface area contributed by atoms with E-state index in [1.54, 1.807) is 13.2 Å². The molecule has 5 heteroatoms. The molecule has 1 heterocycles. The summed E-state index contributed by atoms with van der Waals surface area (Å²) in [5.74, 6) is 1.17. The number of hydrogen-bond acceptors (Lipinski definition) is 3. The van der Waals surface area contributed by atoms with E-state index in [9.17, 15) is 4.79 Å². The summed E-state index contributed by atoms with van der Waals surface area (Å²) in [5.41, 5.74) is 2.31. The SMILES string of the molecule is COc1cc(C)c(Br)cc1-c1nc2ccccc2c(=O)[nH]1. The number of para-hydroxylation sites is 1. The Morgan fingerprint density at radius 3 is 2.76 bits per heavy atom. The number of nitrogens with zero attached hydrogens (tertiary/aromatic N) is 1. The van der Waals surface area contributed by atoms with Crippen LogP contribution in [0.4, 0.5) is 0 Å². The van der Waals surface area contributed by atoms with Crippen molar-refractivity contribution < 1.29 is 4.74 Å². The Morgan fingerprint density at radius 1 is 1.24 bits per heavy atom. The van der Waals surface area contributed by atoms with Gasteiger partial charge in [0.25, 0.3) is 5.56 Å². The first-order valence-electron chi connectivity index (χ1n) is 6.43. The molecule has 106 valence electrons. The number of hydrogen-bond donors (Lipinski definition) is 1. The lowest BCUT2D eigenvalue weighted by atomic mass is 10.1. The molecule has 0 saturated heterocycles. The molecule has 0 bridgehead atoms. The highest BCUT2D eigenvalue weighted by atomic mass is 79.9. The molecular formula is C16H13BrN2O2. The van der Waals surface area contributed by atoms with Gasteiger partial charge in [0.15, 0.2) is 0 Å². The number of aromatic amines is 1.